The molecular formula is C24H56ClN4P. The van der Waals surface area contributed by atoms with E-state index in [0.29, 0.717) is 0 Å². The van der Waals surface area contributed by atoms with E-state index in [0.717, 1.165) is 104 Å². The number of hydrogen-bond donors (Lipinski definition) is 0. The number of hydrogen-bond acceptors (Lipinski definition) is 4. The molecule has 0 saturated heterocycles. The van der Waals surface area contributed by atoms with Crippen LogP contribution in [-0.2, 0) is 0 Å². The summed E-state index contributed by atoms with van der Waals surface area (Å²) in [5, 5.41) is 0. The second-order valence-electron chi connectivity index (χ2n) is 8.65. The van der Waals surface area contributed by atoms with Crippen LogP contribution >= 0.6 is 17.8 Å². The molecule has 4 nitrogen and oxygen atoms in total. The van der Waals surface area contributed by atoms with E-state index < -0.39 is 6.56 Å². The predicted octanol–water partition coefficient (Wildman–Crippen LogP) is 7.84. The quantitative estimate of drug-likeness (QED) is 0.169. The van der Waals surface area contributed by atoms with Crippen molar-refractivity contribution in [2.24, 2.45) is 0 Å². The van der Waals surface area contributed by atoms with Gasteiger partial charge in [-0.15, -0.1) is 0 Å². The second-order valence-corrected chi connectivity index (χ2v) is 14.4. The first-order valence-corrected chi connectivity index (χ1v) is 16.1. The van der Waals surface area contributed by atoms with Crippen molar-refractivity contribution in [3.05, 3.63) is 0 Å². The topological polar surface area (TPSA) is 13.0 Å². The van der Waals surface area contributed by atoms with Gasteiger partial charge in [-0.1, -0.05) is 0 Å². The summed E-state index contributed by atoms with van der Waals surface area (Å²) in [7, 11) is 0. The van der Waals surface area contributed by atoms with Crippen LogP contribution in [0.15, 0.2) is 0 Å². The molecule has 0 aromatic heterocycles. The average molecular weight is 467 g/mol. The zero-order valence-corrected chi connectivity index (χ0v) is 23.6. The molecule has 0 saturated carbocycles. The average Bonchev–Trinajstić information content (AvgIpc) is 2.73. The molecule has 0 aliphatic carbocycles. The molecule has 30 heavy (non-hydrogen) atoms. The van der Waals surface area contributed by atoms with E-state index >= 15 is 0 Å². The molecule has 0 radical (unpaired) electrons. The Morgan fingerprint density at radius 1 is 0.367 bits per heavy atom. The van der Waals surface area contributed by atoms with Gasteiger partial charge in [0, 0.05) is 0 Å². The fraction of sp³-hybridized carbons (Fsp3) is 1.00. The Morgan fingerprint density at radius 2 is 0.500 bits per heavy atom. The van der Waals surface area contributed by atoms with E-state index in [9.17, 15) is 0 Å². The molecule has 6 heteroatoms. The van der Waals surface area contributed by atoms with Crippen molar-refractivity contribution in [2.45, 2.75) is 107 Å². The number of halogens is 1. The third kappa shape index (κ3) is 6.78. The van der Waals surface area contributed by atoms with Gasteiger partial charge in [0.15, 0.2) is 0 Å². The van der Waals surface area contributed by atoms with Gasteiger partial charge >= 0.3 is 196 Å². The summed E-state index contributed by atoms with van der Waals surface area (Å²) in [6.07, 6.45) is 9.18. The van der Waals surface area contributed by atoms with Gasteiger partial charge in [0.25, 0.3) is 0 Å². The first kappa shape index (κ1) is 30.6. The Bertz CT molecular complexity index is 325. The van der Waals surface area contributed by atoms with Gasteiger partial charge < -0.3 is 0 Å². The molecule has 0 aliphatic rings. The van der Waals surface area contributed by atoms with Crippen molar-refractivity contribution in [1.82, 2.24) is 18.7 Å². The minimum absolute atomic E-state index is 1.08. The molecule has 0 bridgehead atoms. The van der Waals surface area contributed by atoms with Crippen molar-refractivity contribution in [3.63, 3.8) is 0 Å². The molecule has 0 aromatic carbocycles. The van der Waals surface area contributed by atoms with Crippen molar-refractivity contribution >= 4 is 17.8 Å². The first-order chi connectivity index (χ1) is 14.4. The monoisotopic (exact) mass is 466 g/mol. The molecule has 0 unspecified atom stereocenters. The van der Waals surface area contributed by atoms with Crippen LogP contribution in [0.3, 0.4) is 0 Å². The van der Waals surface area contributed by atoms with Crippen LogP contribution in [0.25, 0.3) is 0 Å². The molecule has 0 N–H and O–H groups in total. The normalized spacial score (nSPS) is 14.2. The van der Waals surface area contributed by atoms with Gasteiger partial charge in [-0.2, -0.15) is 0 Å². The van der Waals surface area contributed by atoms with E-state index in [1.165, 1.54) is 0 Å². The summed E-state index contributed by atoms with van der Waals surface area (Å²) in [5.74, 6) is 0. The summed E-state index contributed by atoms with van der Waals surface area (Å²) in [4.78, 5) is 0. The summed E-state index contributed by atoms with van der Waals surface area (Å²) in [6.45, 7) is 24.0. The van der Waals surface area contributed by atoms with Crippen LogP contribution in [0.4, 0.5) is 0 Å². The van der Waals surface area contributed by atoms with E-state index in [1.807, 2.05) is 0 Å². The van der Waals surface area contributed by atoms with Crippen LogP contribution in [0.1, 0.15) is 107 Å². The van der Waals surface area contributed by atoms with Gasteiger partial charge in [-0.3, -0.25) is 0 Å². The van der Waals surface area contributed by atoms with Gasteiger partial charge in [0.1, 0.15) is 0 Å². The van der Waals surface area contributed by atoms with E-state index in [4.69, 9.17) is 11.2 Å². The molecule has 0 rings (SSSR count). The van der Waals surface area contributed by atoms with Gasteiger partial charge in [-0.25, -0.2) is 0 Å². The standard InChI is InChI=1S/C24H56ClN4P/c1-9-17-26(18-10-2)30(25,27(19-11-3)20-12-4,28(21-13-5)22-14-6)29(23-15-7)24-16-8/h9-24H2,1-8H3. The SMILES string of the molecule is CCCN(CCC)P(Cl)(N(CCC)CCC)(N(CCC)CCC)N(CCC)CCC. The molecule has 0 amide bonds. The molecule has 0 heterocycles. The van der Waals surface area contributed by atoms with Crippen LogP contribution in [0.5, 0.6) is 0 Å². The van der Waals surface area contributed by atoms with Crippen molar-refractivity contribution < 1.29 is 0 Å². The summed E-state index contributed by atoms with van der Waals surface area (Å²) >= 11 is 8.53. The number of nitrogens with zero attached hydrogens (tertiary/aromatic N) is 4. The predicted molar refractivity (Wildman–Crippen MR) is 141 cm³/mol. The molecule has 0 atom stereocenters. The van der Waals surface area contributed by atoms with Gasteiger partial charge in [0.2, 0.25) is 0 Å². The fourth-order valence-corrected chi connectivity index (χ4v) is 13.3. The zero-order valence-electron chi connectivity index (χ0n) is 21.9. The van der Waals surface area contributed by atoms with Crippen molar-refractivity contribution in [2.75, 3.05) is 52.4 Å². The van der Waals surface area contributed by atoms with Gasteiger partial charge in [-0.05, 0) is 0 Å². The van der Waals surface area contributed by atoms with E-state index in [1.54, 1.807) is 0 Å². The second kappa shape index (κ2) is 16.2. The third-order valence-electron chi connectivity index (χ3n) is 5.80. The first-order valence-electron chi connectivity index (χ1n) is 13.2. The maximum absolute atomic E-state index is 8.53. The van der Waals surface area contributed by atoms with E-state index in [2.05, 4.69) is 74.1 Å². The molecular weight excluding hydrogens is 411 g/mol. The Kier molecular flexibility index (Phi) is 16.5. The molecule has 0 aliphatic heterocycles. The summed E-state index contributed by atoms with van der Waals surface area (Å²) in [5.41, 5.74) is 0. The molecule has 184 valence electrons. The summed E-state index contributed by atoms with van der Waals surface area (Å²) in [6, 6.07) is 0. The molecule has 0 fully saturated rings. The van der Waals surface area contributed by atoms with Crippen LogP contribution in [-0.4, -0.2) is 71.0 Å². The fourth-order valence-electron chi connectivity index (χ4n) is 4.96. The summed E-state index contributed by atoms with van der Waals surface area (Å²) < 4.78 is 11.1. The Balaban J connectivity index is 7.19. The maximum atomic E-state index is 8.53. The Labute approximate surface area is 195 Å². The minimum atomic E-state index is -3.20. The van der Waals surface area contributed by atoms with Crippen LogP contribution in [0.2, 0.25) is 0 Å². The van der Waals surface area contributed by atoms with Crippen LogP contribution < -0.4 is 0 Å². The van der Waals surface area contributed by atoms with Crippen LogP contribution in [0, 0.1) is 0 Å². The molecule has 0 spiro atoms. The zero-order chi connectivity index (χ0) is 23.1. The Morgan fingerprint density at radius 3 is 0.600 bits per heavy atom. The van der Waals surface area contributed by atoms with E-state index in [-0.39, 0.29) is 0 Å². The van der Waals surface area contributed by atoms with Gasteiger partial charge in [0.05, 0.1) is 0 Å². The van der Waals surface area contributed by atoms with Crippen molar-refractivity contribution in [3.8, 4) is 0 Å². The Hall–Kier alpha value is 0.560. The number of rotatable bonds is 20. The van der Waals surface area contributed by atoms with Crippen molar-refractivity contribution in [1.29, 1.82) is 0 Å². The third-order valence-corrected chi connectivity index (χ3v) is 13.9. The molecule has 0 aromatic rings.